The van der Waals surface area contributed by atoms with Gasteiger partial charge in [0.1, 0.15) is 0 Å². The topological polar surface area (TPSA) is 0 Å². The van der Waals surface area contributed by atoms with Crippen molar-refractivity contribution in [1.82, 2.24) is 0 Å². The van der Waals surface area contributed by atoms with E-state index in [2.05, 4.69) is 62.4 Å². The molecule has 0 aliphatic heterocycles. The number of aryl methyl sites for hydroxylation is 1. The molecule has 1 unspecified atom stereocenters. The van der Waals surface area contributed by atoms with E-state index in [-0.39, 0.29) is 0 Å². The quantitative estimate of drug-likeness (QED) is 0.694. The molecule has 17 heavy (non-hydrogen) atoms. The van der Waals surface area contributed by atoms with Crippen LogP contribution in [-0.2, 0) is 6.42 Å². The number of hydrogen-bond acceptors (Lipinski definition) is 0. The molecule has 88 valence electrons. The Morgan fingerprint density at radius 3 is 2.53 bits per heavy atom. The van der Waals surface area contributed by atoms with E-state index in [0.717, 1.165) is 0 Å². The summed E-state index contributed by atoms with van der Waals surface area (Å²) >= 11 is 0. The van der Waals surface area contributed by atoms with E-state index >= 15 is 0 Å². The minimum atomic E-state index is 0.329. The van der Waals surface area contributed by atoms with Crippen molar-refractivity contribution in [3.05, 3.63) is 59.7 Å². The standard InChI is InChI=1S/C17H20/c1-17(2,14-8-4-5-9-14)16-12-11-13-7-3-6-10-15(13)16/h3-10,14,16H,11-12H2,1-2H3. The minimum absolute atomic E-state index is 0.329. The summed E-state index contributed by atoms with van der Waals surface area (Å²) in [5.41, 5.74) is 3.48. The highest BCUT2D eigenvalue weighted by molar-refractivity contribution is 5.37. The van der Waals surface area contributed by atoms with E-state index in [1.807, 2.05) is 0 Å². The average molecular weight is 224 g/mol. The third-order valence-corrected chi connectivity index (χ3v) is 4.64. The van der Waals surface area contributed by atoms with Crippen LogP contribution in [0.25, 0.3) is 0 Å². The Morgan fingerprint density at radius 2 is 1.76 bits per heavy atom. The van der Waals surface area contributed by atoms with Crippen LogP contribution in [0.1, 0.15) is 37.3 Å². The zero-order chi connectivity index (χ0) is 11.9. The summed E-state index contributed by atoms with van der Waals surface area (Å²) in [5.74, 6) is 1.30. The lowest BCUT2D eigenvalue weighted by molar-refractivity contribution is 0.235. The molecule has 1 aromatic rings. The molecule has 0 heteroatoms. The molecule has 0 aromatic heterocycles. The number of fused-ring (bicyclic) bond motifs is 1. The molecule has 0 radical (unpaired) electrons. The van der Waals surface area contributed by atoms with Crippen molar-refractivity contribution in [1.29, 1.82) is 0 Å². The van der Waals surface area contributed by atoms with Gasteiger partial charge in [0.15, 0.2) is 0 Å². The summed E-state index contributed by atoms with van der Waals surface area (Å²) in [5, 5.41) is 0. The molecule has 3 rings (SSSR count). The number of benzene rings is 1. The van der Waals surface area contributed by atoms with Crippen LogP contribution in [0, 0.1) is 11.3 Å². The molecule has 0 heterocycles. The van der Waals surface area contributed by atoms with Gasteiger partial charge in [-0.25, -0.2) is 0 Å². The first kappa shape index (κ1) is 10.8. The summed E-state index contributed by atoms with van der Waals surface area (Å²) < 4.78 is 0. The molecule has 2 aliphatic rings. The molecule has 0 bridgehead atoms. The first-order valence-electron chi connectivity index (χ1n) is 6.62. The first-order chi connectivity index (χ1) is 8.19. The fraction of sp³-hybridized carbons (Fsp3) is 0.412. The Bertz CT molecular complexity index is 465. The second-order valence-electron chi connectivity index (χ2n) is 5.91. The van der Waals surface area contributed by atoms with E-state index in [1.54, 1.807) is 11.1 Å². The molecule has 1 atom stereocenters. The van der Waals surface area contributed by atoms with Gasteiger partial charge in [-0.1, -0.05) is 62.4 Å². The van der Waals surface area contributed by atoms with Crippen molar-refractivity contribution >= 4 is 0 Å². The molecule has 0 N–H and O–H groups in total. The lowest BCUT2D eigenvalue weighted by atomic mass is 9.67. The average Bonchev–Trinajstić information content (AvgIpc) is 2.99. The highest BCUT2D eigenvalue weighted by Crippen LogP contribution is 2.50. The van der Waals surface area contributed by atoms with Crippen molar-refractivity contribution in [3.8, 4) is 0 Å². The van der Waals surface area contributed by atoms with Crippen LogP contribution in [-0.4, -0.2) is 0 Å². The molecular formula is C17H20. The smallest absolute Gasteiger partial charge is 0.000984 e. The van der Waals surface area contributed by atoms with E-state index in [0.29, 0.717) is 17.3 Å². The number of allylic oxidation sites excluding steroid dienone is 4. The van der Waals surface area contributed by atoms with Gasteiger partial charge in [-0.05, 0) is 35.3 Å². The molecule has 0 fully saturated rings. The molecule has 0 saturated heterocycles. The molecule has 1 aromatic carbocycles. The summed E-state index contributed by atoms with van der Waals surface area (Å²) in [6.45, 7) is 4.84. The Hall–Kier alpha value is -1.30. The van der Waals surface area contributed by atoms with Crippen molar-refractivity contribution in [2.75, 3.05) is 0 Å². The lowest BCUT2D eigenvalue weighted by Crippen LogP contribution is -2.27. The maximum Gasteiger partial charge on any atom is 0.000984 e. The van der Waals surface area contributed by atoms with E-state index in [1.165, 1.54) is 12.8 Å². The second kappa shape index (κ2) is 3.87. The van der Waals surface area contributed by atoms with Gasteiger partial charge in [0.2, 0.25) is 0 Å². The zero-order valence-corrected chi connectivity index (χ0v) is 10.7. The van der Waals surface area contributed by atoms with Crippen molar-refractivity contribution in [2.24, 2.45) is 11.3 Å². The lowest BCUT2D eigenvalue weighted by Gasteiger charge is -2.36. The van der Waals surface area contributed by atoms with Crippen LogP contribution in [0.4, 0.5) is 0 Å². The van der Waals surface area contributed by atoms with Crippen LogP contribution >= 0.6 is 0 Å². The molecule has 0 amide bonds. The summed E-state index contributed by atoms with van der Waals surface area (Å²) in [7, 11) is 0. The molecule has 0 spiro atoms. The predicted molar refractivity (Wildman–Crippen MR) is 73.1 cm³/mol. The van der Waals surface area contributed by atoms with Gasteiger partial charge in [0, 0.05) is 5.92 Å². The maximum atomic E-state index is 2.42. The second-order valence-corrected chi connectivity index (χ2v) is 5.91. The number of rotatable bonds is 2. The summed E-state index contributed by atoms with van der Waals surface area (Å²) in [6.07, 6.45) is 11.6. The van der Waals surface area contributed by atoms with Crippen LogP contribution < -0.4 is 0 Å². The maximum absolute atomic E-state index is 2.42. The monoisotopic (exact) mass is 224 g/mol. The van der Waals surface area contributed by atoms with Crippen LogP contribution in [0.2, 0.25) is 0 Å². The van der Waals surface area contributed by atoms with Gasteiger partial charge in [-0.2, -0.15) is 0 Å². The Labute approximate surface area is 104 Å². The Balaban J connectivity index is 1.96. The number of hydrogen-bond donors (Lipinski definition) is 0. The zero-order valence-electron chi connectivity index (χ0n) is 10.7. The third-order valence-electron chi connectivity index (χ3n) is 4.64. The molecule has 2 aliphatic carbocycles. The van der Waals surface area contributed by atoms with Crippen LogP contribution in [0.5, 0.6) is 0 Å². The Kier molecular flexibility index (Phi) is 2.47. The largest absolute Gasteiger partial charge is 0.0771 e. The minimum Gasteiger partial charge on any atom is -0.0771 e. The van der Waals surface area contributed by atoms with E-state index in [4.69, 9.17) is 0 Å². The van der Waals surface area contributed by atoms with Crippen LogP contribution in [0.3, 0.4) is 0 Å². The fourth-order valence-electron chi connectivity index (χ4n) is 3.49. The van der Waals surface area contributed by atoms with Gasteiger partial charge in [-0.3, -0.25) is 0 Å². The SMILES string of the molecule is CC(C)(C1C=CC=C1)C1CCc2ccccc21. The molecule has 0 saturated carbocycles. The van der Waals surface area contributed by atoms with Gasteiger partial charge >= 0.3 is 0 Å². The van der Waals surface area contributed by atoms with Crippen molar-refractivity contribution in [2.45, 2.75) is 32.6 Å². The summed E-state index contributed by atoms with van der Waals surface area (Å²) in [4.78, 5) is 0. The molecular weight excluding hydrogens is 204 g/mol. The van der Waals surface area contributed by atoms with Crippen molar-refractivity contribution < 1.29 is 0 Å². The van der Waals surface area contributed by atoms with Crippen LogP contribution in [0.15, 0.2) is 48.6 Å². The first-order valence-corrected chi connectivity index (χ1v) is 6.62. The van der Waals surface area contributed by atoms with Gasteiger partial charge in [0.05, 0.1) is 0 Å². The molecule has 0 nitrogen and oxygen atoms in total. The third kappa shape index (κ3) is 1.67. The summed E-state index contributed by atoms with van der Waals surface area (Å²) in [6, 6.07) is 8.99. The predicted octanol–water partition coefficient (Wildman–Crippen LogP) is 4.48. The van der Waals surface area contributed by atoms with Gasteiger partial charge in [-0.15, -0.1) is 0 Å². The fourth-order valence-corrected chi connectivity index (χ4v) is 3.49. The van der Waals surface area contributed by atoms with Gasteiger partial charge in [0.25, 0.3) is 0 Å². The Morgan fingerprint density at radius 1 is 1.06 bits per heavy atom. The van der Waals surface area contributed by atoms with Gasteiger partial charge < -0.3 is 0 Å². The highest BCUT2D eigenvalue weighted by atomic mass is 14.4. The van der Waals surface area contributed by atoms with E-state index < -0.39 is 0 Å². The normalized spacial score (nSPS) is 23.3. The highest BCUT2D eigenvalue weighted by Gasteiger charge is 2.39. The van der Waals surface area contributed by atoms with Crippen molar-refractivity contribution in [3.63, 3.8) is 0 Å². The van der Waals surface area contributed by atoms with E-state index in [9.17, 15) is 0 Å².